The zero-order valence-corrected chi connectivity index (χ0v) is 12.7. The lowest BCUT2D eigenvalue weighted by atomic mass is 10.0. The average molecular weight is 338 g/mol. The molecule has 0 aliphatic rings. The molecule has 2 aromatic carbocycles. The molecule has 0 aliphatic heterocycles. The van der Waals surface area contributed by atoms with Gasteiger partial charge in [-0.2, -0.15) is 0 Å². The number of nitrogens with one attached hydrogen (secondary N) is 1. The maximum Gasteiger partial charge on any atom is 0.307 e. The first-order valence-electron chi connectivity index (χ1n) is 6.43. The highest BCUT2D eigenvalue weighted by atomic mass is 35.5. The van der Waals surface area contributed by atoms with Crippen LogP contribution in [0.1, 0.15) is 5.56 Å². The van der Waals surface area contributed by atoms with Crippen molar-refractivity contribution in [3.8, 4) is 11.3 Å². The Morgan fingerprint density at radius 3 is 2.64 bits per heavy atom. The molecule has 3 rings (SSSR count). The number of aromatic nitrogens is 1. The second-order valence-corrected chi connectivity index (χ2v) is 5.68. The lowest BCUT2D eigenvalue weighted by molar-refractivity contribution is -0.136. The van der Waals surface area contributed by atoms with Crippen LogP contribution in [0, 0.1) is 5.82 Å². The number of aromatic amines is 1. The zero-order chi connectivity index (χ0) is 15.9. The minimum absolute atomic E-state index is 0.273. The standard InChI is InChI=1S/C16H10Cl2FNO2/c17-8-5-11(18)15-10(7-14(21)22)16(20-13(15)6-8)9-3-1-2-4-12(9)19/h1-6,20H,7H2,(H,21,22). The number of hydrogen-bond acceptors (Lipinski definition) is 1. The van der Waals surface area contributed by atoms with Gasteiger partial charge in [-0.15, -0.1) is 0 Å². The third-order valence-corrected chi connectivity index (χ3v) is 3.91. The van der Waals surface area contributed by atoms with E-state index in [0.29, 0.717) is 37.8 Å². The number of benzene rings is 2. The normalized spacial score (nSPS) is 11.0. The minimum Gasteiger partial charge on any atom is -0.481 e. The van der Waals surface area contributed by atoms with Crippen LogP contribution in [0.2, 0.25) is 10.0 Å². The lowest BCUT2D eigenvalue weighted by Crippen LogP contribution is -2.01. The summed E-state index contributed by atoms with van der Waals surface area (Å²) >= 11 is 12.2. The Hall–Kier alpha value is -2.04. The van der Waals surface area contributed by atoms with Gasteiger partial charge in [-0.05, 0) is 29.8 Å². The summed E-state index contributed by atoms with van der Waals surface area (Å²) in [4.78, 5) is 14.2. The van der Waals surface area contributed by atoms with Crippen molar-refractivity contribution < 1.29 is 14.3 Å². The molecule has 0 bridgehead atoms. The summed E-state index contributed by atoms with van der Waals surface area (Å²) in [5, 5.41) is 10.5. The molecule has 0 unspecified atom stereocenters. The summed E-state index contributed by atoms with van der Waals surface area (Å²) in [7, 11) is 0. The number of carbonyl (C=O) groups is 1. The van der Waals surface area contributed by atoms with Gasteiger partial charge in [0.2, 0.25) is 0 Å². The monoisotopic (exact) mass is 337 g/mol. The van der Waals surface area contributed by atoms with Crippen molar-refractivity contribution in [2.24, 2.45) is 0 Å². The van der Waals surface area contributed by atoms with Gasteiger partial charge in [0.1, 0.15) is 5.82 Å². The molecule has 0 fully saturated rings. The van der Waals surface area contributed by atoms with E-state index in [0.717, 1.165) is 0 Å². The molecular formula is C16H10Cl2FNO2. The van der Waals surface area contributed by atoms with Crippen molar-refractivity contribution in [2.45, 2.75) is 6.42 Å². The first-order chi connectivity index (χ1) is 10.5. The maximum atomic E-state index is 14.1. The largest absolute Gasteiger partial charge is 0.481 e. The van der Waals surface area contributed by atoms with Crippen molar-refractivity contribution in [1.29, 1.82) is 0 Å². The Bertz CT molecular complexity index is 889. The number of aliphatic carboxylic acids is 1. The lowest BCUT2D eigenvalue weighted by Gasteiger charge is -2.05. The topological polar surface area (TPSA) is 53.1 Å². The number of hydrogen-bond donors (Lipinski definition) is 2. The SMILES string of the molecule is O=C(O)Cc1c(-c2ccccc2F)[nH]c2cc(Cl)cc(Cl)c12. The zero-order valence-electron chi connectivity index (χ0n) is 11.2. The molecule has 0 aliphatic carbocycles. The van der Waals surface area contributed by atoms with Gasteiger partial charge in [0.25, 0.3) is 0 Å². The molecule has 3 nitrogen and oxygen atoms in total. The van der Waals surface area contributed by atoms with E-state index in [9.17, 15) is 9.18 Å². The average Bonchev–Trinajstić information content (AvgIpc) is 2.77. The maximum absolute atomic E-state index is 14.1. The highest BCUT2D eigenvalue weighted by Gasteiger charge is 2.20. The summed E-state index contributed by atoms with van der Waals surface area (Å²) in [5.74, 6) is -1.47. The fourth-order valence-electron chi connectivity index (χ4n) is 2.54. The summed E-state index contributed by atoms with van der Waals surface area (Å²) in [6.45, 7) is 0. The molecule has 0 saturated heterocycles. The summed E-state index contributed by atoms with van der Waals surface area (Å²) in [6, 6.07) is 9.33. The Morgan fingerprint density at radius 1 is 1.23 bits per heavy atom. The van der Waals surface area contributed by atoms with Crippen LogP contribution in [0.5, 0.6) is 0 Å². The van der Waals surface area contributed by atoms with Gasteiger partial charge >= 0.3 is 5.97 Å². The highest BCUT2D eigenvalue weighted by Crippen LogP contribution is 2.37. The van der Waals surface area contributed by atoms with E-state index in [4.69, 9.17) is 28.3 Å². The quantitative estimate of drug-likeness (QED) is 0.713. The van der Waals surface area contributed by atoms with Gasteiger partial charge in [0, 0.05) is 21.5 Å². The van der Waals surface area contributed by atoms with Crippen molar-refractivity contribution in [2.75, 3.05) is 0 Å². The number of H-pyrrole nitrogens is 1. The van der Waals surface area contributed by atoms with Gasteiger partial charge in [-0.1, -0.05) is 35.3 Å². The van der Waals surface area contributed by atoms with Gasteiger partial charge in [-0.25, -0.2) is 4.39 Å². The molecule has 1 heterocycles. The van der Waals surface area contributed by atoms with E-state index >= 15 is 0 Å². The van der Waals surface area contributed by atoms with Crippen molar-refractivity contribution in [1.82, 2.24) is 4.98 Å². The van der Waals surface area contributed by atoms with E-state index in [1.807, 2.05) is 0 Å². The van der Waals surface area contributed by atoms with Crippen LogP contribution < -0.4 is 0 Å². The molecule has 0 amide bonds. The van der Waals surface area contributed by atoms with E-state index in [2.05, 4.69) is 4.98 Å². The first kappa shape index (κ1) is 14.9. The molecule has 0 saturated carbocycles. The Labute approximate surface area is 135 Å². The van der Waals surface area contributed by atoms with Crippen LogP contribution in [0.4, 0.5) is 4.39 Å². The summed E-state index contributed by atoms with van der Waals surface area (Å²) in [6.07, 6.45) is -0.273. The molecular weight excluding hydrogens is 328 g/mol. The Kier molecular flexibility index (Phi) is 3.81. The van der Waals surface area contributed by atoms with Crippen LogP contribution >= 0.6 is 23.2 Å². The van der Waals surface area contributed by atoms with Gasteiger partial charge in [-0.3, -0.25) is 4.79 Å². The Morgan fingerprint density at radius 2 is 1.95 bits per heavy atom. The molecule has 1 aromatic heterocycles. The molecule has 0 radical (unpaired) electrons. The predicted octanol–water partition coefficient (Wildman–Crippen LogP) is 4.91. The molecule has 3 aromatic rings. The molecule has 0 spiro atoms. The number of rotatable bonds is 3. The van der Waals surface area contributed by atoms with Gasteiger partial charge < -0.3 is 10.1 Å². The second-order valence-electron chi connectivity index (χ2n) is 4.84. The highest BCUT2D eigenvalue weighted by molar-refractivity contribution is 6.39. The first-order valence-corrected chi connectivity index (χ1v) is 7.19. The Balaban J connectivity index is 2.36. The van der Waals surface area contributed by atoms with Gasteiger partial charge in [0.15, 0.2) is 0 Å². The fourth-order valence-corrected chi connectivity index (χ4v) is 3.14. The molecule has 112 valence electrons. The van der Waals surface area contributed by atoms with E-state index < -0.39 is 11.8 Å². The number of carboxylic acids is 1. The third-order valence-electron chi connectivity index (χ3n) is 3.39. The number of carboxylic acid groups (broad SMARTS) is 1. The molecule has 6 heteroatoms. The van der Waals surface area contributed by atoms with Crippen LogP contribution in [0.25, 0.3) is 22.2 Å². The smallest absolute Gasteiger partial charge is 0.307 e. The molecule has 22 heavy (non-hydrogen) atoms. The van der Waals surface area contributed by atoms with Crippen LogP contribution in [0.3, 0.4) is 0 Å². The fraction of sp³-hybridized carbons (Fsp3) is 0.0625. The summed E-state index contributed by atoms with van der Waals surface area (Å²) in [5.41, 5.74) is 1.71. The van der Waals surface area contributed by atoms with Crippen LogP contribution in [-0.2, 0) is 11.2 Å². The van der Waals surface area contributed by atoms with Crippen LogP contribution in [-0.4, -0.2) is 16.1 Å². The summed E-state index contributed by atoms with van der Waals surface area (Å²) < 4.78 is 14.1. The van der Waals surface area contributed by atoms with E-state index in [1.54, 1.807) is 24.3 Å². The number of fused-ring (bicyclic) bond motifs is 1. The molecule has 0 atom stereocenters. The predicted molar refractivity (Wildman–Crippen MR) is 85.1 cm³/mol. The van der Waals surface area contributed by atoms with Crippen molar-refractivity contribution in [3.63, 3.8) is 0 Å². The van der Waals surface area contributed by atoms with Gasteiger partial charge in [0.05, 0.1) is 17.1 Å². The number of halogens is 3. The minimum atomic E-state index is -1.02. The van der Waals surface area contributed by atoms with Crippen molar-refractivity contribution >= 4 is 40.1 Å². The molecule has 2 N–H and O–H groups in total. The van der Waals surface area contributed by atoms with Crippen LogP contribution in [0.15, 0.2) is 36.4 Å². The van der Waals surface area contributed by atoms with E-state index in [1.165, 1.54) is 12.1 Å². The van der Waals surface area contributed by atoms with Crippen molar-refractivity contribution in [3.05, 3.63) is 57.8 Å². The third kappa shape index (κ3) is 2.56. The van der Waals surface area contributed by atoms with E-state index in [-0.39, 0.29) is 6.42 Å². The second kappa shape index (κ2) is 5.63.